The molecule has 6 nitrogen and oxygen atoms in total. The summed E-state index contributed by atoms with van der Waals surface area (Å²) in [6, 6.07) is 18.1. The highest BCUT2D eigenvalue weighted by Crippen LogP contribution is 2.26. The van der Waals surface area contributed by atoms with Crippen LogP contribution in [0.2, 0.25) is 5.02 Å². The van der Waals surface area contributed by atoms with Crippen LogP contribution in [-0.4, -0.2) is 33.0 Å². The minimum absolute atomic E-state index is 0.424. The zero-order valence-corrected chi connectivity index (χ0v) is 18.2. The van der Waals surface area contributed by atoms with E-state index in [1.807, 2.05) is 41.9 Å². The molecular formula is C24H24ClN5O. The van der Waals surface area contributed by atoms with E-state index in [2.05, 4.69) is 44.4 Å². The van der Waals surface area contributed by atoms with Crippen molar-refractivity contribution in [3.05, 3.63) is 70.9 Å². The zero-order chi connectivity index (χ0) is 21.2. The van der Waals surface area contributed by atoms with E-state index < -0.39 is 0 Å². The third kappa shape index (κ3) is 4.35. The Kier molecular flexibility index (Phi) is 5.47. The molecule has 0 radical (unpaired) electrons. The maximum absolute atomic E-state index is 5.98. The minimum Gasteiger partial charge on any atom is -0.372 e. The van der Waals surface area contributed by atoms with E-state index in [9.17, 15) is 0 Å². The summed E-state index contributed by atoms with van der Waals surface area (Å²) in [6.07, 6.45) is 3.86. The van der Waals surface area contributed by atoms with E-state index in [0.29, 0.717) is 24.0 Å². The number of aryl methyl sites for hydroxylation is 1. The van der Waals surface area contributed by atoms with Gasteiger partial charge in [0.05, 0.1) is 6.54 Å². The number of hydrogen-bond acceptors (Lipinski definition) is 5. The van der Waals surface area contributed by atoms with Crippen LogP contribution in [0.25, 0.3) is 23.0 Å². The van der Waals surface area contributed by atoms with E-state index in [0.717, 1.165) is 34.9 Å². The molecule has 5 rings (SSSR count). The molecule has 2 aromatic carbocycles. The number of hydrogen-bond donors (Lipinski definition) is 0. The zero-order valence-electron chi connectivity index (χ0n) is 17.5. The molecule has 0 saturated carbocycles. The number of nitrogens with zero attached hydrogens (tertiary/aromatic N) is 5. The third-order valence-corrected chi connectivity index (χ3v) is 5.97. The summed E-state index contributed by atoms with van der Waals surface area (Å²) >= 11 is 5.98. The van der Waals surface area contributed by atoms with Crippen molar-refractivity contribution >= 4 is 17.3 Å². The predicted molar refractivity (Wildman–Crippen MR) is 122 cm³/mol. The minimum atomic E-state index is 0.424. The van der Waals surface area contributed by atoms with Crippen molar-refractivity contribution in [2.24, 2.45) is 0 Å². The maximum Gasteiger partial charge on any atom is 0.278 e. The predicted octanol–water partition coefficient (Wildman–Crippen LogP) is 5.60. The van der Waals surface area contributed by atoms with Gasteiger partial charge in [0.2, 0.25) is 5.82 Å². The summed E-state index contributed by atoms with van der Waals surface area (Å²) in [4.78, 5) is 7.02. The van der Waals surface area contributed by atoms with E-state index in [-0.39, 0.29) is 0 Å². The lowest BCUT2D eigenvalue weighted by Gasteiger charge is -2.28. The normalized spacial score (nSPS) is 14.2. The molecule has 31 heavy (non-hydrogen) atoms. The number of aromatic nitrogens is 4. The summed E-state index contributed by atoms with van der Waals surface area (Å²) < 4.78 is 7.45. The Morgan fingerprint density at radius 3 is 2.45 bits per heavy atom. The van der Waals surface area contributed by atoms with Crippen LogP contribution in [0.3, 0.4) is 0 Å². The van der Waals surface area contributed by atoms with Crippen LogP contribution < -0.4 is 4.90 Å². The number of piperidine rings is 1. The molecule has 0 atom stereocenters. The van der Waals surface area contributed by atoms with Gasteiger partial charge in [-0.3, -0.25) is 4.68 Å². The molecule has 0 aliphatic carbocycles. The van der Waals surface area contributed by atoms with Crippen molar-refractivity contribution in [2.45, 2.75) is 32.7 Å². The summed E-state index contributed by atoms with van der Waals surface area (Å²) in [5.74, 6) is 0.998. The van der Waals surface area contributed by atoms with Gasteiger partial charge in [-0.2, -0.15) is 10.1 Å². The average Bonchev–Trinajstić information content (AvgIpc) is 3.43. The van der Waals surface area contributed by atoms with Gasteiger partial charge in [0.15, 0.2) is 5.69 Å². The highest BCUT2D eigenvalue weighted by molar-refractivity contribution is 6.30. The van der Waals surface area contributed by atoms with Crippen molar-refractivity contribution in [3.8, 4) is 23.0 Å². The van der Waals surface area contributed by atoms with Crippen LogP contribution in [0, 0.1) is 6.92 Å². The van der Waals surface area contributed by atoms with E-state index in [4.69, 9.17) is 16.1 Å². The van der Waals surface area contributed by atoms with Gasteiger partial charge in [0, 0.05) is 35.1 Å². The Hall–Kier alpha value is -3.12. The number of halogens is 1. The number of rotatable bonds is 5. The highest BCUT2D eigenvalue weighted by Gasteiger charge is 2.16. The molecule has 3 heterocycles. The van der Waals surface area contributed by atoms with Crippen molar-refractivity contribution in [1.29, 1.82) is 0 Å². The Morgan fingerprint density at radius 2 is 1.71 bits per heavy atom. The quantitative estimate of drug-likeness (QED) is 0.410. The second-order valence-corrected chi connectivity index (χ2v) is 8.41. The van der Waals surface area contributed by atoms with Gasteiger partial charge in [-0.25, -0.2) is 0 Å². The largest absolute Gasteiger partial charge is 0.372 e. The van der Waals surface area contributed by atoms with Crippen LogP contribution in [0.5, 0.6) is 0 Å². The molecule has 0 bridgehead atoms. The van der Waals surface area contributed by atoms with Crippen LogP contribution in [0.15, 0.2) is 59.1 Å². The molecule has 0 spiro atoms. The van der Waals surface area contributed by atoms with Gasteiger partial charge < -0.3 is 9.42 Å². The fourth-order valence-corrected chi connectivity index (χ4v) is 4.08. The molecule has 1 aliphatic rings. The smallest absolute Gasteiger partial charge is 0.278 e. The number of anilines is 1. The van der Waals surface area contributed by atoms with Crippen LogP contribution in [0.4, 0.5) is 5.69 Å². The summed E-state index contributed by atoms with van der Waals surface area (Å²) in [5, 5.41) is 9.56. The first-order chi connectivity index (χ1) is 15.2. The van der Waals surface area contributed by atoms with Gasteiger partial charge in [0.1, 0.15) is 0 Å². The summed E-state index contributed by atoms with van der Waals surface area (Å²) in [6.45, 7) is 4.93. The maximum atomic E-state index is 5.98. The first-order valence-corrected chi connectivity index (χ1v) is 11.0. The highest BCUT2D eigenvalue weighted by atomic mass is 35.5. The third-order valence-electron chi connectivity index (χ3n) is 5.72. The molecule has 0 unspecified atom stereocenters. The summed E-state index contributed by atoms with van der Waals surface area (Å²) in [5.41, 5.74) is 5.02. The molecule has 1 saturated heterocycles. The SMILES string of the molecule is Cc1cc(-c2nc(-c3ccc(N4CCCCC4)cc3)no2)nn1Cc1ccc(Cl)cc1. The molecule has 0 N–H and O–H groups in total. The lowest BCUT2D eigenvalue weighted by atomic mass is 10.1. The van der Waals surface area contributed by atoms with Crippen LogP contribution in [-0.2, 0) is 6.54 Å². The molecule has 4 aromatic rings. The standard InChI is InChI=1S/C24H24ClN5O/c1-17-15-22(27-30(17)16-18-5-9-20(25)10-6-18)24-26-23(28-31-24)19-7-11-21(12-8-19)29-13-3-2-4-14-29/h5-12,15H,2-4,13-14,16H2,1H3. The van der Waals surface area contributed by atoms with Crippen LogP contribution in [0.1, 0.15) is 30.5 Å². The fraction of sp³-hybridized carbons (Fsp3) is 0.292. The average molecular weight is 434 g/mol. The molecular weight excluding hydrogens is 410 g/mol. The Morgan fingerprint density at radius 1 is 0.968 bits per heavy atom. The monoisotopic (exact) mass is 433 g/mol. The van der Waals surface area contributed by atoms with E-state index in [1.165, 1.54) is 24.9 Å². The fourth-order valence-electron chi connectivity index (χ4n) is 3.96. The first kappa shape index (κ1) is 19.8. The second kappa shape index (κ2) is 8.55. The van der Waals surface area contributed by atoms with Crippen molar-refractivity contribution in [2.75, 3.05) is 18.0 Å². The van der Waals surface area contributed by atoms with Gasteiger partial charge in [-0.15, -0.1) is 0 Å². The van der Waals surface area contributed by atoms with Gasteiger partial charge >= 0.3 is 0 Å². The Labute approximate surface area is 186 Å². The number of benzene rings is 2. The Balaban J connectivity index is 1.33. The van der Waals surface area contributed by atoms with Gasteiger partial charge in [0.25, 0.3) is 5.89 Å². The van der Waals surface area contributed by atoms with Gasteiger partial charge in [-0.05, 0) is 74.2 Å². The molecule has 158 valence electrons. The Bertz CT molecular complexity index is 1160. The molecule has 0 amide bonds. The first-order valence-electron chi connectivity index (χ1n) is 10.6. The van der Waals surface area contributed by atoms with Crippen molar-refractivity contribution < 1.29 is 4.52 Å². The molecule has 1 aliphatic heterocycles. The topological polar surface area (TPSA) is 60.0 Å². The molecule has 7 heteroatoms. The van der Waals surface area contributed by atoms with Gasteiger partial charge in [-0.1, -0.05) is 28.9 Å². The van der Waals surface area contributed by atoms with E-state index in [1.54, 1.807) is 0 Å². The van der Waals surface area contributed by atoms with Crippen molar-refractivity contribution in [3.63, 3.8) is 0 Å². The van der Waals surface area contributed by atoms with E-state index >= 15 is 0 Å². The lowest BCUT2D eigenvalue weighted by molar-refractivity contribution is 0.430. The second-order valence-electron chi connectivity index (χ2n) is 7.97. The van der Waals surface area contributed by atoms with Crippen LogP contribution >= 0.6 is 11.6 Å². The lowest BCUT2D eigenvalue weighted by Crippen LogP contribution is -2.29. The summed E-state index contributed by atoms with van der Waals surface area (Å²) in [7, 11) is 0. The molecule has 2 aromatic heterocycles. The van der Waals surface area contributed by atoms with Crippen molar-refractivity contribution in [1.82, 2.24) is 19.9 Å². The molecule has 1 fully saturated rings.